The van der Waals surface area contributed by atoms with Crippen LogP contribution in [-0.4, -0.2) is 26.2 Å². The second kappa shape index (κ2) is 9.31. The van der Waals surface area contributed by atoms with Crippen LogP contribution >= 0.6 is 7.26 Å². The zero-order chi connectivity index (χ0) is 20.7. The Morgan fingerprint density at radius 3 is 1.34 bits per heavy atom. The quantitative estimate of drug-likeness (QED) is 0.359. The first-order valence-corrected chi connectivity index (χ1v) is 10.9. The first-order chi connectivity index (χ1) is 14.1. The fourth-order valence-corrected chi connectivity index (χ4v) is 7.64. The molecule has 0 N–H and O–H groups in total. The SMILES string of the molecule is COC(=O)C=C(C(=O)OC)[P+](c1ccccc1)(c1ccccc1)c1ccccc1. The van der Waals surface area contributed by atoms with E-state index in [4.69, 9.17) is 9.47 Å². The van der Waals surface area contributed by atoms with E-state index in [9.17, 15) is 9.59 Å². The molecule has 0 heterocycles. The van der Waals surface area contributed by atoms with Gasteiger partial charge < -0.3 is 9.47 Å². The normalized spacial score (nSPS) is 11.6. The summed E-state index contributed by atoms with van der Waals surface area (Å²) in [6.45, 7) is 0. The third-order valence-electron chi connectivity index (χ3n) is 4.64. The highest BCUT2D eigenvalue weighted by Gasteiger charge is 2.53. The Labute approximate surface area is 171 Å². The molecule has 0 radical (unpaired) electrons. The molecule has 0 bridgehead atoms. The zero-order valence-electron chi connectivity index (χ0n) is 16.3. The lowest BCUT2D eigenvalue weighted by molar-refractivity contribution is -0.137. The predicted octanol–water partition coefficient (Wildman–Crippen LogP) is 3.21. The lowest BCUT2D eigenvalue weighted by Gasteiger charge is -2.28. The van der Waals surface area contributed by atoms with Gasteiger partial charge in [-0.05, 0) is 36.4 Å². The van der Waals surface area contributed by atoms with Gasteiger partial charge in [0.1, 0.15) is 15.9 Å². The number of hydrogen-bond donors (Lipinski definition) is 0. The number of ether oxygens (including phenoxy) is 2. The van der Waals surface area contributed by atoms with Crippen LogP contribution in [0.4, 0.5) is 0 Å². The van der Waals surface area contributed by atoms with Gasteiger partial charge in [-0.1, -0.05) is 54.6 Å². The minimum absolute atomic E-state index is 0.287. The van der Waals surface area contributed by atoms with Crippen LogP contribution < -0.4 is 15.9 Å². The molecule has 0 atom stereocenters. The molecule has 3 aromatic rings. The summed E-state index contributed by atoms with van der Waals surface area (Å²) in [6.07, 6.45) is 1.27. The van der Waals surface area contributed by atoms with Crippen LogP contribution in [0.15, 0.2) is 102 Å². The van der Waals surface area contributed by atoms with Crippen LogP contribution in [0, 0.1) is 0 Å². The van der Waals surface area contributed by atoms with E-state index < -0.39 is 19.2 Å². The first-order valence-electron chi connectivity index (χ1n) is 9.09. The van der Waals surface area contributed by atoms with Crippen LogP contribution in [0.1, 0.15) is 0 Å². The maximum Gasteiger partial charge on any atom is 0.375 e. The summed E-state index contributed by atoms with van der Waals surface area (Å²) in [6, 6.07) is 29.3. The largest absolute Gasteiger partial charge is 0.466 e. The minimum Gasteiger partial charge on any atom is -0.466 e. The lowest BCUT2D eigenvalue weighted by atomic mass is 10.3. The highest BCUT2D eigenvalue weighted by atomic mass is 31.2. The zero-order valence-corrected chi connectivity index (χ0v) is 17.2. The number of carbonyl (C=O) groups is 2. The van der Waals surface area contributed by atoms with E-state index >= 15 is 0 Å². The number of benzene rings is 3. The van der Waals surface area contributed by atoms with Crippen molar-refractivity contribution in [1.82, 2.24) is 0 Å². The summed E-state index contributed by atoms with van der Waals surface area (Å²) in [5.41, 5.74) is 0. The lowest BCUT2D eigenvalue weighted by Crippen LogP contribution is -2.35. The van der Waals surface area contributed by atoms with Crippen molar-refractivity contribution in [2.45, 2.75) is 0 Å². The third kappa shape index (κ3) is 3.98. The van der Waals surface area contributed by atoms with E-state index in [1.165, 1.54) is 20.3 Å². The highest BCUT2D eigenvalue weighted by molar-refractivity contribution is 7.99. The number of hydrogen-bond acceptors (Lipinski definition) is 4. The van der Waals surface area contributed by atoms with Crippen LogP contribution in [0.2, 0.25) is 0 Å². The molecule has 0 amide bonds. The molecule has 0 fully saturated rings. The second-order valence-corrected chi connectivity index (χ2v) is 9.59. The molecule has 0 spiro atoms. The molecule has 0 aliphatic carbocycles. The molecule has 29 heavy (non-hydrogen) atoms. The summed E-state index contributed by atoms with van der Waals surface area (Å²) in [4.78, 5) is 25.4. The van der Waals surface area contributed by atoms with E-state index in [1.54, 1.807) is 0 Å². The molecule has 0 aliphatic rings. The summed E-state index contributed by atoms with van der Waals surface area (Å²) in [7, 11) is -0.102. The summed E-state index contributed by atoms with van der Waals surface area (Å²) in [5.74, 6) is -1.15. The van der Waals surface area contributed by atoms with E-state index in [0.29, 0.717) is 0 Å². The molecular weight excluding hydrogens is 383 g/mol. The Hall–Kier alpha value is -3.23. The van der Waals surface area contributed by atoms with Crippen molar-refractivity contribution in [2.24, 2.45) is 0 Å². The Balaban J connectivity index is 2.49. The molecule has 3 rings (SSSR count). The number of carbonyl (C=O) groups excluding carboxylic acids is 2. The van der Waals surface area contributed by atoms with Crippen molar-refractivity contribution >= 4 is 35.1 Å². The molecule has 0 unspecified atom stereocenters. The van der Waals surface area contributed by atoms with E-state index in [1.807, 2.05) is 91.0 Å². The second-order valence-electron chi connectivity index (χ2n) is 6.22. The molecule has 3 aromatic carbocycles. The van der Waals surface area contributed by atoms with Crippen molar-refractivity contribution in [3.8, 4) is 0 Å². The smallest absolute Gasteiger partial charge is 0.375 e. The fourth-order valence-electron chi connectivity index (χ4n) is 3.39. The average Bonchev–Trinajstić information content (AvgIpc) is 2.80. The Bertz CT molecular complexity index is 902. The van der Waals surface area contributed by atoms with Gasteiger partial charge in [0.2, 0.25) is 5.31 Å². The molecule has 4 nitrogen and oxygen atoms in total. The molecule has 0 saturated carbocycles. The maximum absolute atomic E-state index is 13.1. The van der Waals surface area contributed by atoms with E-state index in [0.717, 1.165) is 15.9 Å². The summed E-state index contributed by atoms with van der Waals surface area (Å²) < 4.78 is 10.0. The molecule has 146 valence electrons. The van der Waals surface area contributed by atoms with Gasteiger partial charge >= 0.3 is 11.9 Å². The predicted molar refractivity (Wildman–Crippen MR) is 117 cm³/mol. The van der Waals surface area contributed by atoms with E-state index in [2.05, 4.69) is 0 Å². The van der Waals surface area contributed by atoms with Crippen molar-refractivity contribution in [3.05, 3.63) is 102 Å². The number of rotatable bonds is 6. The van der Waals surface area contributed by atoms with Gasteiger partial charge in [-0.2, -0.15) is 0 Å². The van der Waals surface area contributed by atoms with Crippen molar-refractivity contribution < 1.29 is 19.1 Å². The fraction of sp³-hybridized carbons (Fsp3) is 0.0833. The average molecular weight is 405 g/mol. The number of methoxy groups -OCH3 is 2. The van der Waals surface area contributed by atoms with Crippen molar-refractivity contribution in [3.63, 3.8) is 0 Å². The molecular formula is C24H22O4P+. The van der Waals surface area contributed by atoms with Crippen molar-refractivity contribution in [2.75, 3.05) is 14.2 Å². The van der Waals surface area contributed by atoms with Gasteiger partial charge in [-0.3, -0.25) is 0 Å². The third-order valence-corrected chi connectivity index (χ3v) is 8.89. The summed E-state index contributed by atoms with van der Waals surface area (Å²) >= 11 is 0. The Morgan fingerprint density at radius 1 is 0.655 bits per heavy atom. The topological polar surface area (TPSA) is 52.6 Å². The van der Waals surface area contributed by atoms with Gasteiger partial charge in [0.25, 0.3) is 0 Å². The van der Waals surface area contributed by atoms with Gasteiger partial charge in [0.15, 0.2) is 7.26 Å². The Morgan fingerprint density at radius 2 is 1.03 bits per heavy atom. The van der Waals surface area contributed by atoms with Crippen LogP contribution in [0.3, 0.4) is 0 Å². The molecule has 5 heteroatoms. The Kier molecular flexibility index (Phi) is 6.58. The monoisotopic (exact) mass is 405 g/mol. The number of esters is 2. The molecule has 0 saturated heterocycles. The minimum atomic E-state index is -2.72. The highest BCUT2D eigenvalue weighted by Crippen LogP contribution is 2.62. The molecule has 0 aliphatic heterocycles. The molecule has 0 aromatic heterocycles. The van der Waals surface area contributed by atoms with Gasteiger partial charge in [0, 0.05) is 0 Å². The van der Waals surface area contributed by atoms with Gasteiger partial charge in [-0.25, -0.2) is 9.59 Å². The standard InChI is InChI=1S/C24H22O4P/c1-27-23(25)18-22(24(26)28-2)29(19-12-6-3-7-13-19,20-14-8-4-9-15-20)21-16-10-5-11-17-21/h3-18H,1-2H3/q+1. The van der Waals surface area contributed by atoms with Crippen LogP contribution in [-0.2, 0) is 19.1 Å². The maximum atomic E-state index is 13.1. The van der Waals surface area contributed by atoms with E-state index in [-0.39, 0.29) is 5.31 Å². The van der Waals surface area contributed by atoms with Crippen LogP contribution in [0.5, 0.6) is 0 Å². The van der Waals surface area contributed by atoms with Crippen LogP contribution in [0.25, 0.3) is 0 Å². The van der Waals surface area contributed by atoms with Gasteiger partial charge in [0.05, 0.1) is 20.3 Å². The first kappa shape index (κ1) is 20.5. The van der Waals surface area contributed by atoms with Gasteiger partial charge in [-0.15, -0.1) is 0 Å². The summed E-state index contributed by atoms with van der Waals surface area (Å²) in [5, 5.41) is 3.12. The van der Waals surface area contributed by atoms with Crippen molar-refractivity contribution in [1.29, 1.82) is 0 Å².